The summed E-state index contributed by atoms with van der Waals surface area (Å²) in [6, 6.07) is 7.20. The molecule has 2 nitrogen and oxygen atoms in total. The van der Waals surface area contributed by atoms with Crippen LogP contribution in [-0.4, -0.2) is 8.42 Å². The number of unbranched alkanes of at least 4 members (excludes halogenated alkanes) is 1. The molecule has 1 aromatic rings. The molecular formula is C12H18O2S. The van der Waals surface area contributed by atoms with Crippen LogP contribution in [0.2, 0.25) is 0 Å². The zero-order chi connectivity index (χ0) is 11.3. The topological polar surface area (TPSA) is 34.1 Å². The first-order chi connectivity index (χ1) is 7.15. The first kappa shape index (κ1) is 12.2. The number of hydrogen-bond acceptors (Lipinski definition) is 2. The number of rotatable bonds is 5. The predicted octanol–water partition coefficient (Wildman–Crippen LogP) is 2.95. The van der Waals surface area contributed by atoms with E-state index in [9.17, 15) is 8.42 Å². The van der Waals surface area contributed by atoms with Crippen molar-refractivity contribution in [2.24, 2.45) is 0 Å². The summed E-state index contributed by atoms with van der Waals surface area (Å²) in [5, 5.41) is 0. The van der Waals surface area contributed by atoms with Gasteiger partial charge in [0, 0.05) is 0 Å². The zero-order valence-electron chi connectivity index (χ0n) is 9.27. The molecule has 0 bridgehead atoms. The van der Waals surface area contributed by atoms with E-state index in [-0.39, 0.29) is 0 Å². The van der Waals surface area contributed by atoms with Gasteiger partial charge in [-0.3, -0.25) is 0 Å². The molecule has 0 fully saturated rings. The number of thiol groups is 1. The number of benzene rings is 1. The van der Waals surface area contributed by atoms with Crippen LogP contribution in [0.3, 0.4) is 0 Å². The second kappa shape index (κ2) is 5.91. The molecule has 0 N–H and O–H groups in total. The van der Waals surface area contributed by atoms with Crippen molar-refractivity contribution in [2.45, 2.75) is 43.9 Å². The minimum atomic E-state index is -2.44. The Labute approximate surface area is 93.3 Å². The molecule has 1 atom stereocenters. The van der Waals surface area contributed by atoms with E-state index in [0.29, 0.717) is 10.8 Å². The van der Waals surface area contributed by atoms with Crippen molar-refractivity contribution in [3.8, 4) is 0 Å². The van der Waals surface area contributed by atoms with Crippen LogP contribution in [0.25, 0.3) is 0 Å². The third-order valence-electron chi connectivity index (χ3n) is 2.66. The molecule has 1 rings (SSSR count). The fraction of sp³-hybridized carbons (Fsp3) is 0.500. The van der Waals surface area contributed by atoms with Crippen LogP contribution >= 0.6 is 0 Å². The van der Waals surface area contributed by atoms with Gasteiger partial charge < -0.3 is 0 Å². The van der Waals surface area contributed by atoms with E-state index in [0.717, 1.165) is 0 Å². The van der Waals surface area contributed by atoms with Gasteiger partial charge in [0.2, 0.25) is 0 Å². The molecule has 0 saturated heterocycles. The molecule has 1 unspecified atom stereocenters. The third kappa shape index (κ3) is 3.67. The van der Waals surface area contributed by atoms with Gasteiger partial charge in [-0.15, -0.1) is 0 Å². The lowest BCUT2D eigenvalue weighted by atomic mass is 9.96. The maximum Gasteiger partial charge on any atom is 0.168 e. The molecule has 0 amide bonds. The van der Waals surface area contributed by atoms with Crippen LogP contribution in [0.1, 0.15) is 44.6 Å². The highest BCUT2D eigenvalue weighted by molar-refractivity contribution is 7.72. The van der Waals surface area contributed by atoms with E-state index < -0.39 is 10.7 Å². The minimum Gasteiger partial charge on any atom is -0.227 e. The van der Waals surface area contributed by atoms with Crippen LogP contribution in [0.15, 0.2) is 29.2 Å². The Morgan fingerprint density at radius 2 is 1.80 bits per heavy atom. The van der Waals surface area contributed by atoms with Crippen LogP contribution in [0, 0.1) is 0 Å². The third-order valence-corrected chi connectivity index (χ3v) is 3.38. The molecule has 15 heavy (non-hydrogen) atoms. The minimum absolute atomic E-state index is 0.399. The molecule has 84 valence electrons. The van der Waals surface area contributed by atoms with Gasteiger partial charge in [0.05, 0.1) is 4.90 Å². The van der Waals surface area contributed by atoms with Crippen molar-refractivity contribution in [1.82, 2.24) is 0 Å². The summed E-state index contributed by atoms with van der Waals surface area (Å²) >= 11 is 0. The molecular weight excluding hydrogens is 208 g/mol. The van der Waals surface area contributed by atoms with Crippen LogP contribution < -0.4 is 0 Å². The average molecular weight is 226 g/mol. The van der Waals surface area contributed by atoms with Crippen molar-refractivity contribution in [1.29, 1.82) is 0 Å². The summed E-state index contributed by atoms with van der Waals surface area (Å²) < 4.78 is 21.4. The second-order valence-electron chi connectivity index (χ2n) is 3.89. The predicted molar refractivity (Wildman–Crippen MR) is 63.0 cm³/mol. The van der Waals surface area contributed by atoms with Crippen molar-refractivity contribution in [3.05, 3.63) is 29.8 Å². The summed E-state index contributed by atoms with van der Waals surface area (Å²) in [5.41, 5.74) is 1.23. The SMILES string of the molecule is CCCCC(C)c1ccc([SH](=O)=O)cc1. The molecule has 0 aliphatic carbocycles. The largest absolute Gasteiger partial charge is 0.227 e. The normalized spacial score (nSPS) is 13.0. The van der Waals surface area contributed by atoms with Gasteiger partial charge in [-0.05, 0) is 30.0 Å². The van der Waals surface area contributed by atoms with Gasteiger partial charge in [-0.2, -0.15) is 0 Å². The first-order valence-electron chi connectivity index (χ1n) is 5.39. The second-order valence-corrected chi connectivity index (χ2v) is 4.92. The Kier molecular flexibility index (Phi) is 4.82. The molecule has 0 aliphatic heterocycles. The Morgan fingerprint density at radius 3 is 2.27 bits per heavy atom. The smallest absolute Gasteiger partial charge is 0.168 e. The van der Waals surface area contributed by atoms with Crippen molar-refractivity contribution < 1.29 is 8.42 Å². The maximum absolute atomic E-state index is 10.7. The van der Waals surface area contributed by atoms with E-state index in [2.05, 4.69) is 13.8 Å². The van der Waals surface area contributed by atoms with Gasteiger partial charge >= 0.3 is 0 Å². The van der Waals surface area contributed by atoms with Crippen molar-refractivity contribution >= 4 is 10.7 Å². The monoisotopic (exact) mass is 226 g/mol. The molecule has 1 aromatic carbocycles. The summed E-state index contributed by atoms with van der Waals surface area (Å²) in [5.74, 6) is 0.517. The molecule has 0 aliphatic rings. The van der Waals surface area contributed by atoms with E-state index in [1.54, 1.807) is 12.1 Å². The highest BCUT2D eigenvalue weighted by Gasteiger charge is 2.04. The fourth-order valence-electron chi connectivity index (χ4n) is 1.60. The van der Waals surface area contributed by atoms with Crippen LogP contribution in [0.4, 0.5) is 0 Å². The van der Waals surface area contributed by atoms with Gasteiger partial charge in [-0.25, -0.2) is 8.42 Å². The maximum atomic E-state index is 10.7. The van der Waals surface area contributed by atoms with E-state index in [4.69, 9.17) is 0 Å². The summed E-state index contributed by atoms with van der Waals surface area (Å²) in [7, 11) is -2.44. The van der Waals surface area contributed by atoms with Crippen molar-refractivity contribution in [3.63, 3.8) is 0 Å². The Balaban J connectivity index is 2.70. The molecule has 0 radical (unpaired) electrons. The Bertz CT molecular complexity index is 358. The summed E-state index contributed by atoms with van der Waals surface area (Å²) in [6.07, 6.45) is 3.59. The van der Waals surface area contributed by atoms with Gasteiger partial charge in [0.1, 0.15) is 0 Å². The Hall–Kier alpha value is -0.830. The molecule has 0 heterocycles. The highest BCUT2D eigenvalue weighted by atomic mass is 32.2. The highest BCUT2D eigenvalue weighted by Crippen LogP contribution is 2.21. The lowest BCUT2D eigenvalue weighted by Crippen LogP contribution is -1.93. The Morgan fingerprint density at radius 1 is 1.20 bits per heavy atom. The summed E-state index contributed by atoms with van der Waals surface area (Å²) in [6.45, 7) is 4.36. The van der Waals surface area contributed by atoms with Crippen LogP contribution in [0.5, 0.6) is 0 Å². The van der Waals surface area contributed by atoms with Gasteiger partial charge in [0.15, 0.2) is 10.7 Å². The molecule has 3 heteroatoms. The molecule has 0 spiro atoms. The first-order valence-corrected chi connectivity index (χ1v) is 6.57. The standard InChI is InChI=1S/C12H18O2S/c1-3-4-5-10(2)11-6-8-12(9-7-11)15(13)14/h6-10,15H,3-5H2,1-2H3. The van der Waals surface area contributed by atoms with Crippen LogP contribution in [-0.2, 0) is 10.7 Å². The van der Waals surface area contributed by atoms with E-state index >= 15 is 0 Å². The van der Waals surface area contributed by atoms with Gasteiger partial charge in [-0.1, -0.05) is 38.8 Å². The zero-order valence-corrected chi connectivity index (χ0v) is 10.2. The molecule has 0 aromatic heterocycles. The van der Waals surface area contributed by atoms with Crippen molar-refractivity contribution in [2.75, 3.05) is 0 Å². The lowest BCUT2D eigenvalue weighted by Gasteiger charge is -2.10. The molecule has 0 saturated carbocycles. The summed E-state index contributed by atoms with van der Waals surface area (Å²) in [4.78, 5) is 0.399. The van der Waals surface area contributed by atoms with E-state index in [1.807, 2.05) is 12.1 Å². The van der Waals surface area contributed by atoms with Gasteiger partial charge in [0.25, 0.3) is 0 Å². The quantitative estimate of drug-likeness (QED) is 0.783. The van der Waals surface area contributed by atoms with E-state index in [1.165, 1.54) is 24.8 Å². The average Bonchev–Trinajstić information content (AvgIpc) is 2.26. The lowest BCUT2D eigenvalue weighted by molar-refractivity contribution is 0.613. The number of hydrogen-bond donors (Lipinski definition) is 1. The fourth-order valence-corrected chi connectivity index (χ4v) is 1.99.